The number of hydrogen-bond acceptors (Lipinski definition) is 13. The Morgan fingerprint density at radius 3 is 2.85 bits per heavy atom. The molecule has 1 saturated heterocycles. The third-order valence-corrected chi connectivity index (χ3v) is 9.08. The van der Waals surface area contributed by atoms with Gasteiger partial charge in [-0.1, -0.05) is 28.3 Å². The molecule has 2 atom stereocenters. The SMILES string of the molecule is CNc1nnc(SCC2=C(C(=O)O)N3C(=O)[C@H](NC(=O)/C(=N\OC)c4csc(N)c4)[C@@H]3SC2)s1. The highest BCUT2D eigenvalue weighted by atomic mass is 32.2. The zero-order valence-corrected chi connectivity index (χ0v) is 21.1. The number of nitrogen functional groups attached to an aromatic ring is 1. The number of rotatable bonds is 9. The number of anilines is 2. The highest BCUT2D eigenvalue weighted by Crippen LogP contribution is 2.42. The van der Waals surface area contributed by atoms with E-state index >= 15 is 0 Å². The second kappa shape index (κ2) is 10.2. The Hall–Kier alpha value is -2.82. The Balaban J connectivity index is 1.48. The van der Waals surface area contributed by atoms with E-state index in [2.05, 4.69) is 26.0 Å². The van der Waals surface area contributed by atoms with E-state index in [9.17, 15) is 19.5 Å². The van der Waals surface area contributed by atoms with E-state index in [0.717, 1.165) is 0 Å². The van der Waals surface area contributed by atoms with E-state index in [1.165, 1.54) is 58.2 Å². The fourth-order valence-corrected chi connectivity index (χ4v) is 7.14. The first-order valence-electron chi connectivity index (χ1n) is 9.64. The van der Waals surface area contributed by atoms with Crippen LogP contribution in [0.4, 0.5) is 10.1 Å². The first kappa shape index (κ1) is 24.3. The van der Waals surface area contributed by atoms with Crippen molar-refractivity contribution in [3.05, 3.63) is 28.3 Å². The van der Waals surface area contributed by atoms with Gasteiger partial charge in [0.2, 0.25) is 5.13 Å². The molecule has 0 saturated carbocycles. The molecule has 0 bridgehead atoms. The maximum Gasteiger partial charge on any atom is 0.352 e. The quantitative estimate of drug-likeness (QED) is 0.155. The fourth-order valence-electron chi connectivity index (χ4n) is 3.32. The molecule has 2 aliphatic rings. The molecule has 2 amide bonds. The van der Waals surface area contributed by atoms with Gasteiger partial charge in [-0.05, 0) is 11.6 Å². The number of carboxylic acid groups (broad SMARTS) is 1. The number of nitrogens with two attached hydrogens (primary N) is 1. The summed E-state index contributed by atoms with van der Waals surface area (Å²) in [6.07, 6.45) is 0. The molecule has 0 aromatic carbocycles. The fraction of sp³-hybridized carbons (Fsp3) is 0.333. The molecule has 5 N–H and O–H groups in total. The monoisotopic (exact) mass is 541 g/mol. The summed E-state index contributed by atoms with van der Waals surface area (Å²) in [6.45, 7) is 0. The van der Waals surface area contributed by atoms with Crippen molar-refractivity contribution >= 4 is 79.8 Å². The molecule has 1 fully saturated rings. The third kappa shape index (κ3) is 4.70. The van der Waals surface area contributed by atoms with Crippen LogP contribution in [0.3, 0.4) is 0 Å². The number of oxime groups is 1. The second-order valence-corrected chi connectivity index (χ2v) is 11.1. The van der Waals surface area contributed by atoms with Crippen LogP contribution in [0.5, 0.6) is 0 Å². The zero-order valence-electron chi connectivity index (χ0n) is 17.8. The molecule has 4 heterocycles. The van der Waals surface area contributed by atoms with Gasteiger partial charge in [0.15, 0.2) is 10.1 Å². The van der Waals surface area contributed by atoms with Gasteiger partial charge in [-0.3, -0.25) is 14.5 Å². The topological polar surface area (TPSA) is 172 Å². The van der Waals surface area contributed by atoms with Crippen molar-refractivity contribution in [2.75, 3.05) is 36.7 Å². The summed E-state index contributed by atoms with van der Waals surface area (Å²) in [5, 5.41) is 29.4. The number of carboxylic acids is 1. The Morgan fingerprint density at radius 1 is 1.44 bits per heavy atom. The van der Waals surface area contributed by atoms with Crippen molar-refractivity contribution in [1.82, 2.24) is 20.4 Å². The molecular weight excluding hydrogens is 523 g/mol. The molecule has 0 spiro atoms. The smallest absolute Gasteiger partial charge is 0.352 e. The summed E-state index contributed by atoms with van der Waals surface area (Å²) in [5.41, 5.74) is 6.73. The lowest BCUT2D eigenvalue weighted by Crippen LogP contribution is -2.71. The standard InChI is InChI=1S/C18H19N7O5S4/c1-20-17-22-23-18(34-17)33-6-8-5-32-15-11(14(27)25(15)12(8)16(28)29)21-13(26)10(24-30-2)7-3-9(19)31-4-7/h3-4,11,15H,5-6,19H2,1-2H3,(H,20,22)(H,21,26)(H,28,29)/b24-10-/t11-,15-/m0/s1. The van der Waals surface area contributed by atoms with Crippen LogP contribution in [0, 0.1) is 0 Å². The second-order valence-electron chi connectivity index (χ2n) is 6.89. The molecule has 4 rings (SSSR count). The van der Waals surface area contributed by atoms with E-state index in [1.54, 1.807) is 18.5 Å². The van der Waals surface area contributed by atoms with Gasteiger partial charge in [0.25, 0.3) is 11.8 Å². The largest absolute Gasteiger partial charge is 0.477 e. The normalized spacial score (nSPS) is 20.0. The summed E-state index contributed by atoms with van der Waals surface area (Å²) in [4.78, 5) is 43.8. The highest BCUT2D eigenvalue weighted by Gasteiger charge is 2.54. The summed E-state index contributed by atoms with van der Waals surface area (Å²) >= 11 is 5.34. The predicted octanol–water partition coefficient (Wildman–Crippen LogP) is 1.10. The number of nitrogens with one attached hydrogen (secondary N) is 2. The van der Waals surface area contributed by atoms with Crippen LogP contribution in [0.15, 0.2) is 32.2 Å². The Morgan fingerprint density at radius 2 is 2.24 bits per heavy atom. The van der Waals surface area contributed by atoms with E-state index < -0.39 is 29.2 Å². The number of hydrogen-bond donors (Lipinski definition) is 4. The molecule has 34 heavy (non-hydrogen) atoms. The molecule has 12 nitrogen and oxygen atoms in total. The van der Waals surface area contributed by atoms with Gasteiger partial charge in [-0.2, -0.15) is 0 Å². The number of aliphatic carboxylic acids is 1. The Labute approximate surface area is 210 Å². The van der Waals surface area contributed by atoms with Crippen LogP contribution >= 0.6 is 46.2 Å². The maximum absolute atomic E-state index is 12.9. The number of nitrogens with zero attached hydrogens (tertiary/aromatic N) is 4. The third-order valence-electron chi connectivity index (χ3n) is 4.82. The lowest BCUT2D eigenvalue weighted by Gasteiger charge is -2.49. The number of fused-ring (bicyclic) bond motifs is 1. The number of thiophene rings is 1. The van der Waals surface area contributed by atoms with Gasteiger partial charge in [-0.15, -0.1) is 33.3 Å². The van der Waals surface area contributed by atoms with Crippen molar-refractivity contribution < 1.29 is 24.3 Å². The zero-order chi connectivity index (χ0) is 24.4. The average Bonchev–Trinajstić information content (AvgIpc) is 3.47. The molecule has 0 aliphatic carbocycles. The van der Waals surface area contributed by atoms with Crippen molar-refractivity contribution in [2.24, 2.45) is 5.16 Å². The molecular formula is C18H19N7O5S4. The number of carbonyl (C=O) groups excluding carboxylic acids is 2. The molecule has 2 aromatic heterocycles. The molecule has 2 aliphatic heterocycles. The number of carbonyl (C=O) groups is 3. The number of thioether (sulfide) groups is 2. The minimum absolute atomic E-state index is 0.0217. The Kier molecular flexibility index (Phi) is 7.30. The minimum atomic E-state index is -1.19. The summed E-state index contributed by atoms with van der Waals surface area (Å²) in [7, 11) is 3.05. The van der Waals surface area contributed by atoms with E-state index in [-0.39, 0.29) is 11.4 Å². The molecule has 0 radical (unpaired) electrons. The van der Waals surface area contributed by atoms with Crippen LogP contribution in [0.25, 0.3) is 0 Å². The van der Waals surface area contributed by atoms with E-state index in [4.69, 9.17) is 10.6 Å². The van der Waals surface area contributed by atoms with Gasteiger partial charge >= 0.3 is 5.97 Å². The van der Waals surface area contributed by atoms with Crippen molar-refractivity contribution in [2.45, 2.75) is 15.8 Å². The number of β-lactam (4-membered cyclic amide) rings is 1. The molecule has 0 unspecified atom stereocenters. The predicted molar refractivity (Wildman–Crippen MR) is 132 cm³/mol. The minimum Gasteiger partial charge on any atom is -0.477 e. The maximum atomic E-state index is 12.9. The Bertz CT molecular complexity index is 1190. The lowest BCUT2D eigenvalue weighted by atomic mass is 10.0. The van der Waals surface area contributed by atoms with Gasteiger partial charge < -0.3 is 26.3 Å². The summed E-state index contributed by atoms with van der Waals surface area (Å²) < 4.78 is 0.688. The van der Waals surface area contributed by atoms with Crippen molar-refractivity contribution in [1.29, 1.82) is 0 Å². The highest BCUT2D eigenvalue weighted by molar-refractivity contribution is 8.01. The van der Waals surface area contributed by atoms with Crippen LogP contribution in [-0.4, -0.2) is 80.8 Å². The molecule has 180 valence electrons. The lowest BCUT2D eigenvalue weighted by molar-refractivity contribution is -0.150. The van der Waals surface area contributed by atoms with Crippen molar-refractivity contribution in [3.8, 4) is 0 Å². The van der Waals surface area contributed by atoms with Crippen LogP contribution in [-0.2, 0) is 19.2 Å². The number of amides is 2. The molecule has 16 heteroatoms. The van der Waals surface area contributed by atoms with Gasteiger partial charge in [0.1, 0.15) is 24.2 Å². The van der Waals surface area contributed by atoms with E-state index in [1.807, 2.05) is 0 Å². The van der Waals surface area contributed by atoms with Crippen LogP contribution in [0.1, 0.15) is 5.56 Å². The van der Waals surface area contributed by atoms with Crippen molar-refractivity contribution in [3.63, 3.8) is 0 Å². The molecule has 2 aromatic rings. The van der Waals surface area contributed by atoms with Gasteiger partial charge in [-0.25, -0.2) is 4.79 Å². The first-order valence-corrected chi connectivity index (χ1v) is 13.4. The average molecular weight is 542 g/mol. The summed E-state index contributed by atoms with van der Waals surface area (Å²) in [5.74, 6) is -1.56. The van der Waals surface area contributed by atoms with Crippen LogP contribution < -0.4 is 16.4 Å². The van der Waals surface area contributed by atoms with Gasteiger partial charge in [0, 0.05) is 29.5 Å². The van der Waals surface area contributed by atoms with Gasteiger partial charge in [0.05, 0.1) is 5.00 Å². The van der Waals surface area contributed by atoms with Crippen LogP contribution in [0.2, 0.25) is 0 Å². The summed E-state index contributed by atoms with van der Waals surface area (Å²) in [6, 6.07) is 0.694. The van der Waals surface area contributed by atoms with E-state index in [0.29, 0.717) is 37.1 Å². The number of aromatic nitrogens is 2. The first-order chi connectivity index (χ1) is 16.3.